The van der Waals surface area contributed by atoms with Crippen LogP contribution in [0.4, 0.5) is 0 Å². The summed E-state index contributed by atoms with van der Waals surface area (Å²) in [6.45, 7) is 66.2. The average molecular weight is 1150 g/mol. The first-order valence-electron chi connectivity index (χ1n) is 27.8. The van der Waals surface area contributed by atoms with E-state index in [0.717, 1.165) is 11.1 Å². The molecule has 76 heavy (non-hydrogen) atoms. The van der Waals surface area contributed by atoms with Crippen LogP contribution in [0.25, 0.3) is 0 Å². The van der Waals surface area contributed by atoms with E-state index >= 15 is 0 Å². The Hall–Kier alpha value is -3.30. The SMILES string of the molecule is CC(C)(C)[Si](C)(C)Oc1cc(C(=O)O[C@H]2CC[C@@H](OC(=O)c3cc(O[Si](C)(C)C(C)(C)C)c(O[Si](C)(C)C(C)(C)C)c(O[Si](C)(C)C(C)(C)C)c3)c3ccccc32)cc(O[Si](C)(C)C(C)(C)C)c1O[Si](C)(C)C(C)(C)C. The Bertz CT molecular complexity index is 2300. The molecule has 10 nitrogen and oxygen atoms in total. The van der Waals surface area contributed by atoms with E-state index in [1.54, 1.807) is 24.3 Å². The standard InChI is InChI=1S/C60H104O10Si6/c1-55(2,3)71(19,20)65-47-37-41(38-48(66-72(21,22)56(4,5)6)51(47)69-75(27,28)59(13,14)15)53(61)63-45-35-36-46(44-34-32-31-33-43(44)45)64-54(62)42-39-49(67-73(23,24)57(7,8)9)52(70-76(29,30)60(16,17)18)50(40-42)68-74(25,26)58(10,11)12/h31-34,37-40,45-46H,35-36H2,1-30H3/t45-,46+. The van der Waals surface area contributed by atoms with Crippen LogP contribution in [0.5, 0.6) is 34.5 Å². The lowest BCUT2D eigenvalue weighted by atomic mass is 9.87. The van der Waals surface area contributed by atoms with Crippen molar-refractivity contribution in [2.45, 2.75) is 258 Å². The molecular formula is C60H104O10Si6. The van der Waals surface area contributed by atoms with Crippen LogP contribution in [0.1, 0.15) is 182 Å². The Morgan fingerprint density at radius 3 is 0.750 bits per heavy atom. The first-order valence-corrected chi connectivity index (χ1v) is 45.2. The average Bonchev–Trinajstić information content (AvgIpc) is 3.20. The van der Waals surface area contributed by atoms with Crippen molar-refractivity contribution >= 4 is 61.8 Å². The highest BCUT2D eigenvalue weighted by Gasteiger charge is 2.48. The second-order valence-corrected chi connectivity index (χ2v) is 59.1. The van der Waals surface area contributed by atoms with E-state index in [-0.39, 0.29) is 30.2 Å². The number of fused-ring (bicyclic) bond motifs is 1. The topological polar surface area (TPSA) is 108 Å². The van der Waals surface area contributed by atoms with Gasteiger partial charge in [0.1, 0.15) is 35.2 Å². The number of hydrogen-bond donors (Lipinski definition) is 0. The van der Waals surface area contributed by atoms with Crippen LogP contribution in [-0.2, 0) is 9.47 Å². The third-order valence-corrected chi connectivity index (χ3v) is 44.4. The lowest BCUT2D eigenvalue weighted by molar-refractivity contribution is 0.00337. The van der Waals surface area contributed by atoms with Gasteiger partial charge in [0.15, 0.2) is 11.5 Å². The van der Waals surface area contributed by atoms with E-state index < -0.39 is 74.1 Å². The molecule has 0 saturated heterocycles. The lowest BCUT2D eigenvalue weighted by Gasteiger charge is -2.42. The summed E-state index contributed by atoms with van der Waals surface area (Å²) in [4.78, 5) is 29.7. The van der Waals surface area contributed by atoms with E-state index in [4.69, 9.17) is 36.0 Å². The number of carbonyl (C=O) groups excluding carboxylic acids is 2. The van der Waals surface area contributed by atoms with E-state index in [1.165, 1.54) is 0 Å². The highest BCUT2D eigenvalue weighted by Crippen LogP contribution is 2.53. The van der Waals surface area contributed by atoms with Crippen molar-refractivity contribution in [1.82, 2.24) is 0 Å². The molecule has 4 rings (SSSR count). The molecule has 0 spiro atoms. The molecule has 0 heterocycles. The Kier molecular flexibility index (Phi) is 18.6. The van der Waals surface area contributed by atoms with Gasteiger partial charge in [0.25, 0.3) is 49.9 Å². The number of hydrogen-bond acceptors (Lipinski definition) is 10. The molecule has 1 aliphatic rings. The maximum atomic E-state index is 14.9. The van der Waals surface area contributed by atoms with Gasteiger partial charge < -0.3 is 36.0 Å². The number of esters is 2. The van der Waals surface area contributed by atoms with Gasteiger partial charge in [-0.1, -0.05) is 149 Å². The van der Waals surface area contributed by atoms with Gasteiger partial charge in [-0.2, -0.15) is 0 Å². The Labute approximate surface area is 468 Å². The van der Waals surface area contributed by atoms with Crippen molar-refractivity contribution in [2.24, 2.45) is 0 Å². The first-order chi connectivity index (χ1) is 33.8. The molecule has 0 N–H and O–H groups in total. The predicted molar refractivity (Wildman–Crippen MR) is 332 cm³/mol. The van der Waals surface area contributed by atoms with E-state index in [0.29, 0.717) is 58.5 Å². The summed E-state index contributed by atoms with van der Waals surface area (Å²) >= 11 is 0. The van der Waals surface area contributed by atoms with Gasteiger partial charge in [-0.3, -0.25) is 0 Å². The van der Waals surface area contributed by atoms with Gasteiger partial charge in [0, 0.05) is 0 Å². The second kappa shape index (κ2) is 21.6. The summed E-state index contributed by atoms with van der Waals surface area (Å²) in [5, 5.41) is -0.825. The zero-order chi connectivity index (χ0) is 58.8. The largest absolute Gasteiger partial charge is 0.541 e. The van der Waals surface area contributed by atoms with Crippen LogP contribution in [-0.4, -0.2) is 61.8 Å². The summed E-state index contributed by atoms with van der Waals surface area (Å²) in [5.74, 6) is 2.13. The van der Waals surface area contributed by atoms with Crippen LogP contribution in [0.2, 0.25) is 109 Å². The fourth-order valence-corrected chi connectivity index (χ4v) is 12.8. The fraction of sp³-hybridized carbons (Fsp3) is 0.667. The molecule has 0 bridgehead atoms. The van der Waals surface area contributed by atoms with Crippen molar-refractivity contribution in [3.8, 4) is 34.5 Å². The van der Waals surface area contributed by atoms with Crippen molar-refractivity contribution in [3.05, 3.63) is 70.8 Å². The normalized spacial score (nSPS) is 16.8. The number of benzene rings is 3. The van der Waals surface area contributed by atoms with Gasteiger partial charge in [0.05, 0.1) is 11.1 Å². The molecule has 0 fully saturated rings. The number of ether oxygens (including phenoxy) is 2. The summed E-state index contributed by atoms with van der Waals surface area (Å²) < 4.78 is 56.1. The third kappa shape index (κ3) is 14.7. The van der Waals surface area contributed by atoms with Crippen molar-refractivity contribution in [3.63, 3.8) is 0 Å². The third-order valence-electron chi connectivity index (χ3n) is 18.4. The van der Waals surface area contributed by atoms with Gasteiger partial charge >= 0.3 is 11.9 Å². The van der Waals surface area contributed by atoms with Crippen LogP contribution in [0.3, 0.4) is 0 Å². The van der Waals surface area contributed by atoms with Crippen LogP contribution in [0.15, 0.2) is 48.5 Å². The molecule has 0 unspecified atom stereocenters. The summed E-state index contributed by atoms with van der Waals surface area (Å²) in [5.41, 5.74) is 2.22. The quantitative estimate of drug-likeness (QED) is 0.102. The first kappa shape index (κ1) is 65.2. The molecule has 3 aromatic carbocycles. The van der Waals surface area contributed by atoms with Gasteiger partial charge in [-0.15, -0.1) is 0 Å². The Morgan fingerprint density at radius 2 is 0.553 bits per heavy atom. The summed E-state index contributed by atoms with van der Waals surface area (Å²) in [6.07, 6.45) is -0.381. The van der Waals surface area contributed by atoms with Gasteiger partial charge in [-0.05, 0) is 157 Å². The number of carbonyl (C=O) groups is 2. The molecule has 0 radical (unpaired) electrons. The molecule has 0 aromatic heterocycles. The van der Waals surface area contributed by atoms with Gasteiger partial charge in [-0.25, -0.2) is 9.59 Å². The van der Waals surface area contributed by atoms with Crippen LogP contribution >= 0.6 is 0 Å². The molecule has 428 valence electrons. The monoisotopic (exact) mass is 1150 g/mol. The molecule has 16 heteroatoms. The molecule has 0 saturated carbocycles. The van der Waals surface area contributed by atoms with E-state index in [9.17, 15) is 9.59 Å². The van der Waals surface area contributed by atoms with Crippen LogP contribution in [0, 0.1) is 0 Å². The number of rotatable bonds is 16. The van der Waals surface area contributed by atoms with Crippen molar-refractivity contribution in [2.75, 3.05) is 0 Å². The molecule has 2 atom stereocenters. The predicted octanol–water partition coefficient (Wildman–Crippen LogP) is 19.6. The molecule has 1 aliphatic carbocycles. The Balaban J connectivity index is 1.85. The van der Waals surface area contributed by atoms with Crippen molar-refractivity contribution in [1.29, 1.82) is 0 Å². The molecule has 3 aromatic rings. The molecule has 0 amide bonds. The Morgan fingerprint density at radius 1 is 0.355 bits per heavy atom. The maximum Gasteiger partial charge on any atom is 0.339 e. The van der Waals surface area contributed by atoms with Gasteiger partial charge in [0.2, 0.25) is 0 Å². The zero-order valence-corrected chi connectivity index (χ0v) is 59.3. The minimum atomic E-state index is -2.49. The second-order valence-electron chi connectivity index (χ2n) is 30.8. The van der Waals surface area contributed by atoms with Crippen molar-refractivity contribution < 1.29 is 45.6 Å². The summed E-state index contributed by atoms with van der Waals surface area (Å²) in [6, 6.07) is 15.0. The smallest absolute Gasteiger partial charge is 0.339 e. The minimum absolute atomic E-state index is 0.123. The lowest BCUT2D eigenvalue weighted by Crippen LogP contribution is -2.47. The highest BCUT2D eigenvalue weighted by molar-refractivity contribution is 6.77. The fourth-order valence-electron chi connectivity index (χ4n) is 6.77. The highest BCUT2D eigenvalue weighted by atomic mass is 28.4. The molecule has 0 aliphatic heterocycles. The van der Waals surface area contributed by atoms with E-state index in [1.807, 2.05) is 24.3 Å². The summed E-state index contributed by atoms with van der Waals surface area (Å²) in [7, 11) is -14.9. The maximum absolute atomic E-state index is 14.9. The molecular weight excluding hydrogens is 1050 g/mol. The van der Waals surface area contributed by atoms with Crippen LogP contribution < -0.4 is 26.6 Å². The van der Waals surface area contributed by atoms with E-state index in [2.05, 4.69) is 203 Å². The minimum Gasteiger partial charge on any atom is -0.541 e. The zero-order valence-electron chi connectivity index (χ0n) is 53.3.